The molecule has 6 nitrogen and oxygen atoms in total. The quantitative estimate of drug-likeness (QED) is 0.692. The van der Waals surface area contributed by atoms with Crippen LogP contribution >= 0.6 is 0 Å². The molecule has 0 bridgehead atoms. The van der Waals surface area contributed by atoms with Crippen LogP contribution in [0.2, 0.25) is 0 Å². The Bertz CT molecular complexity index is 1050. The molecule has 0 spiro atoms. The number of fused-ring (bicyclic) bond motifs is 1. The van der Waals surface area contributed by atoms with Crippen molar-refractivity contribution in [2.45, 2.75) is 33.1 Å². The minimum absolute atomic E-state index is 0.343. The number of aromatic nitrogens is 2. The van der Waals surface area contributed by atoms with Gasteiger partial charge in [0.15, 0.2) is 5.69 Å². The lowest BCUT2D eigenvalue weighted by Crippen LogP contribution is -2.42. The molecule has 0 saturated carbocycles. The molecular formula is C22H22N4O2. The maximum absolute atomic E-state index is 12.7. The number of hydrazine groups is 1. The molecule has 3 aromatic rings. The van der Waals surface area contributed by atoms with Gasteiger partial charge in [-0.05, 0) is 56.9 Å². The van der Waals surface area contributed by atoms with E-state index in [-0.39, 0.29) is 5.91 Å². The number of benzene rings is 2. The van der Waals surface area contributed by atoms with Crippen LogP contribution < -0.4 is 10.9 Å². The average Bonchev–Trinajstić information content (AvgIpc) is 3.29. The van der Waals surface area contributed by atoms with Gasteiger partial charge in [0.1, 0.15) is 0 Å². The fourth-order valence-electron chi connectivity index (χ4n) is 3.71. The van der Waals surface area contributed by atoms with Crippen molar-refractivity contribution in [2.24, 2.45) is 0 Å². The molecule has 1 aromatic heterocycles. The second-order valence-corrected chi connectivity index (χ2v) is 7.10. The molecule has 6 heteroatoms. The van der Waals surface area contributed by atoms with Gasteiger partial charge in [-0.15, -0.1) is 0 Å². The lowest BCUT2D eigenvalue weighted by atomic mass is 10.1. The number of aryl methyl sites for hydroxylation is 2. The predicted octanol–water partition coefficient (Wildman–Crippen LogP) is 3.05. The summed E-state index contributed by atoms with van der Waals surface area (Å²) in [7, 11) is 0. The first-order chi connectivity index (χ1) is 13.5. The number of carbonyl (C=O) groups excluding carboxylic acids is 2. The Morgan fingerprint density at radius 1 is 0.964 bits per heavy atom. The van der Waals surface area contributed by atoms with Crippen LogP contribution in [0.1, 0.15) is 49.7 Å². The zero-order valence-electron chi connectivity index (χ0n) is 16.0. The van der Waals surface area contributed by atoms with Crippen molar-refractivity contribution in [3.05, 3.63) is 82.2 Å². The smallest absolute Gasteiger partial charge is 0.267 e. The van der Waals surface area contributed by atoms with Gasteiger partial charge in [0.05, 0.1) is 5.69 Å². The van der Waals surface area contributed by atoms with Crippen LogP contribution in [0.3, 0.4) is 0 Å². The van der Waals surface area contributed by atoms with Crippen molar-refractivity contribution in [2.75, 3.05) is 0 Å². The number of amides is 2. The summed E-state index contributed by atoms with van der Waals surface area (Å²) < 4.78 is 1.84. The van der Waals surface area contributed by atoms with E-state index < -0.39 is 5.91 Å². The first kappa shape index (κ1) is 18.0. The Balaban J connectivity index is 1.54. The molecule has 2 N–H and O–H groups in total. The number of para-hydroxylation sites is 1. The molecule has 0 radical (unpaired) electrons. The van der Waals surface area contributed by atoms with Gasteiger partial charge in [-0.25, -0.2) is 4.68 Å². The third-order valence-corrected chi connectivity index (χ3v) is 5.06. The molecule has 0 atom stereocenters. The highest BCUT2D eigenvalue weighted by atomic mass is 16.2. The molecule has 0 saturated heterocycles. The molecule has 28 heavy (non-hydrogen) atoms. The highest BCUT2D eigenvalue weighted by Crippen LogP contribution is 2.27. The van der Waals surface area contributed by atoms with Crippen LogP contribution in [0.4, 0.5) is 0 Å². The predicted molar refractivity (Wildman–Crippen MR) is 106 cm³/mol. The minimum Gasteiger partial charge on any atom is -0.267 e. The Labute approximate surface area is 163 Å². The van der Waals surface area contributed by atoms with Gasteiger partial charge >= 0.3 is 0 Å². The zero-order valence-corrected chi connectivity index (χ0v) is 16.0. The van der Waals surface area contributed by atoms with Gasteiger partial charge in [0.25, 0.3) is 11.8 Å². The van der Waals surface area contributed by atoms with Gasteiger partial charge in [-0.2, -0.15) is 5.10 Å². The molecule has 4 rings (SSSR count). The summed E-state index contributed by atoms with van der Waals surface area (Å²) in [4.78, 5) is 25.1. The van der Waals surface area contributed by atoms with Crippen LogP contribution in [0, 0.1) is 13.8 Å². The molecule has 0 aliphatic heterocycles. The van der Waals surface area contributed by atoms with Gasteiger partial charge in [-0.3, -0.25) is 20.4 Å². The first-order valence-corrected chi connectivity index (χ1v) is 9.38. The number of hydrogen-bond acceptors (Lipinski definition) is 3. The zero-order chi connectivity index (χ0) is 19.7. The fraction of sp³-hybridized carbons (Fsp3) is 0.227. The molecule has 1 heterocycles. The van der Waals surface area contributed by atoms with Gasteiger partial charge in [-0.1, -0.05) is 35.9 Å². The van der Waals surface area contributed by atoms with Crippen molar-refractivity contribution in [1.29, 1.82) is 0 Å². The van der Waals surface area contributed by atoms with E-state index in [1.165, 1.54) is 0 Å². The Morgan fingerprint density at radius 2 is 1.71 bits per heavy atom. The van der Waals surface area contributed by atoms with Gasteiger partial charge in [0, 0.05) is 16.8 Å². The van der Waals surface area contributed by atoms with E-state index >= 15 is 0 Å². The summed E-state index contributed by atoms with van der Waals surface area (Å²) in [5.41, 5.74) is 10.8. The summed E-state index contributed by atoms with van der Waals surface area (Å²) in [6.07, 6.45) is 2.70. The highest BCUT2D eigenvalue weighted by Gasteiger charge is 2.27. The van der Waals surface area contributed by atoms with Crippen molar-refractivity contribution >= 4 is 11.8 Å². The summed E-state index contributed by atoms with van der Waals surface area (Å²) in [6, 6.07) is 15.3. The molecule has 0 unspecified atom stereocenters. The van der Waals surface area contributed by atoms with Crippen LogP contribution in [0.25, 0.3) is 5.69 Å². The lowest BCUT2D eigenvalue weighted by Gasteiger charge is -2.09. The maximum atomic E-state index is 12.7. The Kier molecular flexibility index (Phi) is 4.69. The molecule has 0 fully saturated rings. The van der Waals surface area contributed by atoms with Crippen LogP contribution in [-0.4, -0.2) is 21.6 Å². The van der Waals surface area contributed by atoms with Crippen molar-refractivity contribution < 1.29 is 9.59 Å². The third-order valence-electron chi connectivity index (χ3n) is 5.06. The molecule has 2 amide bonds. The van der Waals surface area contributed by atoms with Crippen molar-refractivity contribution in [1.82, 2.24) is 20.6 Å². The van der Waals surface area contributed by atoms with E-state index in [4.69, 9.17) is 0 Å². The number of nitrogens with one attached hydrogen (secondary N) is 2. The minimum atomic E-state index is -0.397. The number of nitrogens with zero attached hydrogens (tertiary/aromatic N) is 2. The SMILES string of the molecule is Cc1ccc(C(=O)NNC(=O)c2nn(-c3ccccc3)c3c2CCC3)c(C)c1. The molecule has 1 aliphatic carbocycles. The number of rotatable bonds is 3. The van der Waals surface area contributed by atoms with Crippen molar-refractivity contribution in [3.63, 3.8) is 0 Å². The highest BCUT2D eigenvalue weighted by molar-refractivity contribution is 5.99. The van der Waals surface area contributed by atoms with Crippen LogP contribution in [0.5, 0.6) is 0 Å². The largest absolute Gasteiger partial charge is 0.290 e. The topological polar surface area (TPSA) is 76.0 Å². The maximum Gasteiger partial charge on any atom is 0.290 e. The Morgan fingerprint density at radius 3 is 2.46 bits per heavy atom. The Hall–Kier alpha value is -3.41. The third kappa shape index (κ3) is 3.29. The molecule has 2 aromatic carbocycles. The standard InChI is InChI=1S/C22H22N4O2/c1-14-11-12-17(15(2)13-14)21(27)23-24-22(28)20-18-9-6-10-19(18)26(25-20)16-7-4-3-5-8-16/h3-5,7-8,11-13H,6,9-10H2,1-2H3,(H,23,27)(H,24,28). The van der Waals surface area contributed by atoms with Crippen LogP contribution in [-0.2, 0) is 12.8 Å². The summed E-state index contributed by atoms with van der Waals surface area (Å²) in [5.74, 6) is -0.740. The summed E-state index contributed by atoms with van der Waals surface area (Å²) in [6.45, 7) is 3.85. The van der Waals surface area contributed by atoms with Crippen LogP contribution in [0.15, 0.2) is 48.5 Å². The van der Waals surface area contributed by atoms with E-state index in [9.17, 15) is 9.59 Å². The number of hydrogen-bond donors (Lipinski definition) is 2. The average molecular weight is 374 g/mol. The monoisotopic (exact) mass is 374 g/mol. The molecule has 1 aliphatic rings. The van der Waals surface area contributed by atoms with E-state index in [1.54, 1.807) is 6.07 Å². The lowest BCUT2D eigenvalue weighted by molar-refractivity contribution is 0.0842. The van der Waals surface area contributed by atoms with E-state index in [0.717, 1.165) is 47.3 Å². The first-order valence-electron chi connectivity index (χ1n) is 9.38. The van der Waals surface area contributed by atoms with Gasteiger partial charge in [0.2, 0.25) is 0 Å². The molecule has 142 valence electrons. The number of carbonyl (C=O) groups is 2. The van der Waals surface area contributed by atoms with E-state index in [2.05, 4.69) is 16.0 Å². The summed E-state index contributed by atoms with van der Waals surface area (Å²) >= 11 is 0. The fourth-order valence-corrected chi connectivity index (χ4v) is 3.71. The van der Waals surface area contributed by atoms with Crippen molar-refractivity contribution in [3.8, 4) is 5.69 Å². The van der Waals surface area contributed by atoms with E-state index in [0.29, 0.717) is 11.3 Å². The van der Waals surface area contributed by atoms with E-state index in [1.807, 2.05) is 61.0 Å². The second-order valence-electron chi connectivity index (χ2n) is 7.10. The molecular weight excluding hydrogens is 352 g/mol. The van der Waals surface area contributed by atoms with Gasteiger partial charge < -0.3 is 0 Å². The summed E-state index contributed by atoms with van der Waals surface area (Å²) in [5, 5.41) is 4.54. The second kappa shape index (κ2) is 7.31. The normalized spacial score (nSPS) is 12.5.